The Kier molecular flexibility index (Phi) is 4.42. The molecule has 1 rings (SSSR count). The Morgan fingerprint density at radius 3 is 2.93 bits per heavy atom. The quantitative estimate of drug-likeness (QED) is 0.776. The molecular formula is C10H12FNO2S. The van der Waals surface area contributed by atoms with Crippen LogP contribution in [0.25, 0.3) is 0 Å². The second-order valence-corrected chi connectivity index (χ2v) is 3.31. The number of ether oxygens (including phenoxy) is 1. The molecule has 82 valence electrons. The molecule has 5 heteroatoms. The zero-order valence-electron chi connectivity index (χ0n) is 8.29. The van der Waals surface area contributed by atoms with Crippen LogP contribution in [0.15, 0.2) is 18.2 Å². The molecular weight excluding hydrogens is 217 g/mol. The van der Waals surface area contributed by atoms with Gasteiger partial charge >= 0.3 is 0 Å². The molecule has 0 saturated heterocycles. The number of amides is 1. The number of methoxy groups -OCH3 is 1. The summed E-state index contributed by atoms with van der Waals surface area (Å²) in [6, 6.07) is 4.17. The molecule has 1 amide bonds. The van der Waals surface area contributed by atoms with Gasteiger partial charge in [-0.3, -0.25) is 4.79 Å². The Hall–Kier alpha value is -1.23. The largest absolute Gasteiger partial charge is 0.497 e. The summed E-state index contributed by atoms with van der Waals surface area (Å²) >= 11 is 3.91. The summed E-state index contributed by atoms with van der Waals surface area (Å²) in [6.07, 6.45) is 0.250. The van der Waals surface area contributed by atoms with E-state index in [1.54, 1.807) is 0 Å². The van der Waals surface area contributed by atoms with Crippen LogP contribution in [0.1, 0.15) is 6.42 Å². The molecule has 1 aromatic rings. The fourth-order valence-corrected chi connectivity index (χ4v) is 1.24. The third-order valence-corrected chi connectivity index (χ3v) is 2.01. The van der Waals surface area contributed by atoms with Gasteiger partial charge in [-0.25, -0.2) is 4.39 Å². The van der Waals surface area contributed by atoms with E-state index in [0.717, 1.165) is 0 Å². The smallest absolute Gasteiger partial charge is 0.225 e. The van der Waals surface area contributed by atoms with E-state index in [9.17, 15) is 9.18 Å². The van der Waals surface area contributed by atoms with Crippen LogP contribution in [0.3, 0.4) is 0 Å². The normalized spacial score (nSPS) is 9.80. The van der Waals surface area contributed by atoms with Crippen molar-refractivity contribution in [2.75, 3.05) is 18.2 Å². The average Bonchev–Trinajstić information content (AvgIpc) is 2.21. The predicted octanol–water partition coefficient (Wildman–Crippen LogP) is 2.09. The van der Waals surface area contributed by atoms with Crippen molar-refractivity contribution >= 4 is 24.2 Å². The van der Waals surface area contributed by atoms with Gasteiger partial charge in [0.25, 0.3) is 0 Å². The van der Waals surface area contributed by atoms with Gasteiger partial charge in [0.2, 0.25) is 5.91 Å². The maximum Gasteiger partial charge on any atom is 0.225 e. The number of benzene rings is 1. The lowest BCUT2D eigenvalue weighted by molar-refractivity contribution is -0.115. The molecule has 0 radical (unpaired) electrons. The monoisotopic (exact) mass is 229 g/mol. The number of rotatable bonds is 4. The van der Waals surface area contributed by atoms with Crippen molar-refractivity contribution in [3.05, 3.63) is 24.0 Å². The summed E-state index contributed by atoms with van der Waals surface area (Å²) in [4.78, 5) is 11.2. The van der Waals surface area contributed by atoms with E-state index in [1.807, 2.05) is 0 Å². The molecule has 0 aliphatic carbocycles. The van der Waals surface area contributed by atoms with Crippen LogP contribution in [0.5, 0.6) is 5.75 Å². The lowest BCUT2D eigenvalue weighted by Crippen LogP contribution is -2.12. The molecule has 3 nitrogen and oxygen atoms in total. The summed E-state index contributed by atoms with van der Waals surface area (Å²) in [5, 5.41) is 2.44. The Morgan fingerprint density at radius 2 is 2.33 bits per heavy atom. The van der Waals surface area contributed by atoms with Gasteiger partial charge in [0.15, 0.2) is 0 Å². The fourth-order valence-electron chi connectivity index (χ4n) is 1.04. The first-order valence-electron chi connectivity index (χ1n) is 4.41. The lowest BCUT2D eigenvalue weighted by Gasteiger charge is -2.07. The Labute approximate surface area is 93.0 Å². The van der Waals surface area contributed by atoms with E-state index >= 15 is 0 Å². The van der Waals surface area contributed by atoms with Crippen molar-refractivity contribution in [3.63, 3.8) is 0 Å². The molecule has 1 N–H and O–H groups in total. The molecule has 0 fully saturated rings. The number of hydrogen-bond donors (Lipinski definition) is 2. The third-order valence-electron chi connectivity index (χ3n) is 1.79. The molecule has 0 aliphatic heterocycles. The van der Waals surface area contributed by atoms with Gasteiger partial charge in [-0.05, 0) is 17.9 Å². The summed E-state index contributed by atoms with van der Waals surface area (Å²) in [5.41, 5.74) is 0.126. The van der Waals surface area contributed by atoms with Crippen LogP contribution < -0.4 is 10.1 Å². The van der Waals surface area contributed by atoms with Crippen molar-refractivity contribution in [1.82, 2.24) is 0 Å². The summed E-state index contributed by atoms with van der Waals surface area (Å²) in [7, 11) is 1.48. The summed E-state index contributed by atoms with van der Waals surface area (Å²) < 4.78 is 18.1. The molecule has 1 aromatic carbocycles. The van der Waals surface area contributed by atoms with E-state index in [-0.39, 0.29) is 18.0 Å². The van der Waals surface area contributed by atoms with Crippen molar-refractivity contribution in [3.8, 4) is 5.75 Å². The van der Waals surface area contributed by atoms with Crippen LogP contribution in [0, 0.1) is 5.82 Å². The first-order chi connectivity index (χ1) is 7.17. The van der Waals surface area contributed by atoms with Gasteiger partial charge in [-0.2, -0.15) is 12.6 Å². The maximum absolute atomic E-state index is 13.2. The van der Waals surface area contributed by atoms with Crippen LogP contribution in [0.4, 0.5) is 10.1 Å². The molecule has 0 spiro atoms. The Morgan fingerprint density at radius 1 is 1.60 bits per heavy atom. The van der Waals surface area contributed by atoms with Gasteiger partial charge in [0.1, 0.15) is 11.6 Å². The van der Waals surface area contributed by atoms with E-state index in [1.165, 1.54) is 25.3 Å². The standard InChI is InChI=1S/C10H12FNO2S/c1-14-7-2-3-8(11)9(6-7)12-10(13)4-5-15/h2-3,6,15H,4-5H2,1H3,(H,12,13). The summed E-state index contributed by atoms with van der Waals surface area (Å²) in [6.45, 7) is 0. The van der Waals surface area contributed by atoms with Crippen LogP contribution in [-0.2, 0) is 4.79 Å². The molecule has 0 heterocycles. The first kappa shape index (κ1) is 11.8. The van der Waals surface area contributed by atoms with Gasteiger partial charge in [-0.15, -0.1) is 0 Å². The van der Waals surface area contributed by atoms with E-state index in [4.69, 9.17) is 4.74 Å². The van der Waals surface area contributed by atoms with Gasteiger partial charge in [0.05, 0.1) is 12.8 Å². The van der Waals surface area contributed by atoms with Gasteiger partial charge in [0, 0.05) is 12.5 Å². The highest BCUT2D eigenvalue weighted by Gasteiger charge is 2.07. The van der Waals surface area contributed by atoms with Crippen LogP contribution in [0.2, 0.25) is 0 Å². The minimum Gasteiger partial charge on any atom is -0.497 e. The first-order valence-corrected chi connectivity index (χ1v) is 5.05. The van der Waals surface area contributed by atoms with Crippen LogP contribution in [-0.4, -0.2) is 18.8 Å². The van der Waals surface area contributed by atoms with Gasteiger partial charge < -0.3 is 10.1 Å². The second kappa shape index (κ2) is 5.60. The topological polar surface area (TPSA) is 38.3 Å². The zero-order chi connectivity index (χ0) is 11.3. The maximum atomic E-state index is 13.2. The Bertz CT molecular complexity index is 357. The van der Waals surface area contributed by atoms with E-state index in [2.05, 4.69) is 17.9 Å². The third kappa shape index (κ3) is 3.43. The van der Waals surface area contributed by atoms with Crippen molar-refractivity contribution in [2.24, 2.45) is 0 Å². The van der Waals surface area contributed by atoms with E-state index < -0.39 is 5.82 Å². The number of anilines is 1. The summed E-state index contributed by atoms with van der Waals surface area (Å²) in [5.74, 6) is 0.176. The van der Waals surface area contributed by atoms with Crippen LogP contribution >= 0.6 is 12.6 Å². The van der Waals surface area contributed by atoms with Crippen molar-refractivity contribution in [2.45, 2.75) is 6.42 Å². The minimum atomic E-state index is -0.483. The molecule has 0 unspecified atom stereocenters. The van der Waals surface area contributed by atoms with Crippen molar-refractivity contribution < 1.29 is 13.9 Å². The molecule has 0 bridgehead atoms. The number of thiol groups is 1. The molecule has 15 heavy (non-hydrogen) atoms. The predicted molar refractivity (Wildman–Crippen MR) is 60.1 cm³/mol. The molecule has 0 atom stereocenters. The lowest BCUT2D eigenvalue weighted by atomic mass is 10.2. The minimum absolute atomic E-state index is 0.126. The zero-order valence-corrected chi connectivity index (χ0v) is 9.18. The highest BCUT2D eigenvalue weighted by Crippen LogP contribution is 2.21. The number of hydrogen-bond acceptors (Lipinski definition) is 3. The highest BCUT2D eigenvalue weighted by atomic mass is 32.1. The van der Waals surface area contributed by atoms with Crippen molar-refractivity contribution in [1.29, 1.82) is 0 Å². The molecule has 0 saturated carbocycles. The number of nitrogens with one attached hydrogen (secondary N) is 1. The second-order valence-electron chi connectivity index (χ2n) is 2.87. The molecule has 0 aliphatic rings. The number of halogens is 1. The average molecular weight is 229 g/mol. The highest BCUT2D eigenvalue weighted by molar-refractivity contribution is 7.80. The SMILES string of the molecule is COc1ccc(F)c(NC(=O)CCS)c1. The number of carbonyl (C=O) groups is 1. The fraction of sp³-hybridized carbons (Fsp3) is 0.300. The van der Waals surface area contributed by atoms with Gasteiger partial charge in [-0.1, -0.05) is 0 Å². The number of carbonyl (C=O) groups excluding carboxylic acids is 1. The molecule has 0 aromatic heterocycles. The van der Waals surface area contributed by atoms with E-state index in [0.29, 0.717) is 11.5 Å². The Balaban J connectivity index is 2.79.